The third kappa shape index (κ3) is 2.55. The van der Waals surface area contributed by atoms with Crippen molar-refractivity contribution in [2.45, 2.75) is 26.6 Å². The number of thiophene rings is 1. The predicted molar refractivity (Wildman–Crippen MR) is 80.3 cm³/mol. The summed E-state index contributed by atoms with van der Waals surface area (Å²) in [6.07, 6.45) is 0. The highest BCUT2D eigenvalue weighted by molar-refractivity contribution is 7.09. The van der Waals surface area contributed by atoms with Gasteiger partial charge < -0.3 is 5.32 Å². The van der Waals surface area contributed by atoms with Crippen molar-refractivity contribution >= 4 is 22.2 Å². The first kappa shape index (κ1) is 12.4. The van der Waals surface area contributed by atoms with Crippen LogP contribution in [0.5, 0.6) is 0 Å². The summed E-state index contributed by atoms with van der Waals surface area (Å²) in [4.78, 5) is 1.36. The van der Waals surface area contributed by atoms with E-state index in [0.29, 0.717) is 0 Å². The summed E-state index contributed by atoms with van der Waals surface area (Å²) in [6.45, 7) is 4.75. The number of nitrogens with one attached hydrogen (secondary N) is 1. The molecule has 2 heterocycles. The minimum atomic E-state index is 0.811. The maximum Gasteiger partial charge on any atom is 0.0841 e. The van der Waals surface area contributed by atoms with Gasteiger partial charge in [-0.1, -0.05) is 24.3 Å². The Labute approximate surface area is 116 Å². The van der Waals surface area contributed by atoms with Gasteiger partial charge in [-0.3, -0.25) is 4.68 Å². The third-order valence-corrected chi connectivity index (χ3v) is 4.08. The van der Waals surface area contributed by atoms with E-state index in [1.807, 2.05) is 0 Å². The van der Waals surface area contributed by atoms with Gasteiger partial charge in [-0.2, -0.15) is 5.10 Å². The number of aromatic nitrogens is 2. The molecule has 3 rings (SSSR count). The number of nitrogens with zero attached hydrogens (tertiary/aromatic N) is 2. The zero-order chi connectivity index (χ0) is 13.1. The lowest BCUT2D eigenvalue weighted by molar-refractivity contribution is 0.634. The number of para-hydroxylation sites is 1. The molecule has 0 saturated heterocycles. The van der Waals surface area contributed by atoms with Crippen molar-refractivity contribution in [2.75, 3.05) is 0 Å². The first-order valence-electron chi connectivity index (χ1n) is 6.56. The van der Waals surface area contributed by atoms with E-state index >= 15 is 0 Å². The van der Waals surface area contributed by atoms with Crippen LogP contribution in [0, 0.1) is 0 Å². The maximum atomic E-state index is 4.68. The summed E-state index contributed by atoms with van der Waals surface area (Å²) in [5.74, 6) is 0. The molecular formula is C15H17N3S. The van der Waals surface area contributed by atoms with Crippen molar-refractivity contribution in [3.05, 3.63) is 52.3 Å². The summed E-state index contributed by atoms with van der Waals surface area (Å²) in [6, 6.07) is 12.7. The number of benzene rings is 1. The van der Waals surface area contributed by atoms with Crippen LogP contribution in [0.4, 0.5) is 0 Å². The van der Waals surface area contributed by atoms with Gasteiger partial charge in [0.1, 0.15) is 0 Å². The number of rotatable bonds is 5. The molecule has 0 spiro atoms. The average molecular weight is 271 g/mol. The van der Waals surface area contributed by atoms with E-state index in [9.17, 15) is 0 Å². The second-order valence-corrected chi connectivity index (χ2v) is 5.49. The molecule has 0 saturated carbocycles. The Kier molecular flexibility index (Phi) is 3.62. The van der Waals surface area contributed by atoms with Crippen LogP contribution >= 0.6 is 11.3 Å². The van der Waals surface area contributed by atoms with Gasteiger partial charge in [0, 0.05) is 29.9 Å². The van der Waals surface area contributed by atoms with Gasteiger partial charge >= 0.3 is 0 Å². The molecule has 0 aliphatic rings. The monoisotopic (exact) mass is 271 g/mol. The lowest BCUT2D eigenvalue weighted by Gasteiger charge is -2.00. The molecule has 0 unspecified atom stereocenters. The van der Waals surface area contributed by atoms with Crippen LogP contribution in [-0.4, -0.2) is 9.78 Å². The zero-order valence-electron chi connectivity index (χ0n) is 11.0. The standard InChI is InChI=1S/C15H17N3S/c1-2-18-15-8-4-3-7-13(15)14(17-18)11-16-10-12-6-5-9-19-12/h3-9,16H,2,10-11H2,1H3. The summed E-state index contributed by atoms with van der Waals surface area (Å²) in [5.41, 5.74) is 2.35. The molecule has 2 aromatic heterocycles. The lowest BCUT2D eigenvalue weighted by Crippen LogP contribution is -2.12. The number of hydrogen-bond acceptors (Lipinski definition) is 3. The number of aryl methyl sites for hydroxylation is 1. The van der Waals surface area contributed by atoms with E-state index in [4.69, 9.17) is 0 Å². The van der Waals surface area contributed by atoms with Crippen LogP contribution < -0.4 is 5.32 Å². The van der Waals surface area contributed by atoms with Gasteiger partial charge in [0.25, 0.3) is 0 Å². The summed E-state index contributed by atoms with van der Waals surface area (Å²) in [7, 11) is 0. The second kappa shape index (κ2) is 5.55. The van der Waals surface area contributed by atoms with Crippen LogP contribution in [0.3, 0.4) is 0 Å². The summed E-state index contributed by atoms with van der Waals surface area (Å²) in [5, 5.41) is 11.5. The number of hydrogen-bond donors (Lipinski definition) is 1. The van der Waals surface area contributed by atoms with Crippen molar-refractivity contribution in [2.24, 2.45) is 0 Å². The van der Waals surface area contributed by atoms with Crippen LogP contribution in [0.2, 0.25) is 0 Å². The van der Waals surface area contributed by atoms with Crippen molar-refractivity contribution in [3.63, 3.8) is 0 Å². The van der Waals surface area contributed by atoms with E-state index in [-0.39, 0.29) is 0 Å². The van der Waals surface area contributed by atoms with Crippen molar-refractivity contribution in [3.8, 4) is 0 Å². The maximum absolute atomic E-state index is 4.68. The van der Waals surface area contributed by atoms with Gasteiger partial charge in [-0.25, -0.2) is 0 Å². The Hall–Kier alpha value is -1.65. The van der Waals surface area contributed by atoms with Gasteiger partial charge in [0.2, 0.25) is 0 Å². The molecule has 98 valence electrons. The highest BCUT2D eigenvalue weighted by Crippen LogP contribution is 2.18. The van der Waals surface area contributed by atoms with Crippen molar-refractivity contribution in [1.82, 2.24) is 15.1 Å². The molecule has 0 aliphatic heterocycles. The molecule has 0 bridgehead atoms. The molecular weight excluding hydrogens is 254 g/mol. The molecule has 1 N–H and O–H groups in total. The zero-order valence-corrected chi connectivity index (χ0v) is 11.8. The fourth-order valence-corrected chi connectivity index (χ4v) is 2.96. The molecule has 0 atom stereocenters. The molecule has 1 aromatic carbocycles. The number of fused-ring (bicyclic) bond motifs is 1. The smallest absolute Gasteiger partial charge is 0.0841 e. The van der Waals surface area contributed by atoms with Gasteiger partial charge in [0.05, 0.1) is 11.2 Å². The minimum absolute atomic E-state index is 0.811. The van der Waals surface area contributed by atoms with Crippen LogP contribution in [0.15, 0.2) is 41.8 Å². The van der Waals surface area contributed by atoms with Crippen molar-refractivity contribution in [1.29, 1.82) is 0 Å². The van der Waals surface area contributed by atoms with Gasteiger partial charge in [-0.05, 0) is 24.4 Å². The molecule has 4 heteroatoms. The fraction of sp³-hybridized carbons (Fsp3) is 0.267. The quantitative estimate of drug-likeness (QED) is 0.770. The Bertz CT molecular complexity index is 655. The predicted octanol–water partition coefficient (Wildman–Crippen LogP) is 3.41. The molecule has 0 fully saturated rings. The van der Waals surface area contributed by atoms with Crippen LogP contribution in [-0.2, 0) is 19.6 Å². The Morgan fingerprint density at radius 1 is 1.16 bits per heavy atom. The Morgan fingerprint density at radius 2 is 2.05 bits per heavy atom. The second-order valence-electron chi connectivity index (χ2n) is 4.46. The lowest BCUT2D eigenvalue weighted by atomic mass is 10.2. The van der Waals surface area contributed by atoms with Crippen LogP contribution in [0.25, 0.3) is 10.9 Å². The fourth-order valence-electron chi connectivity index (χ4n) is 2.29. The molecule has 0 aliphatic carbocycles. The minimum Gasteiger partial charge on any atom is -0.306 e. The molecule has 3 aromatic rings. The highest BCUT2D eigenvalue weighted by atomic mass is 32.1. The van der Waals surface area contributed by atoms with E-state index in [0.717, 1.165) is 25.3 Å². The van der Waals surface area contributed by atoms with Crippen molar-refractivity contribution < 1.29 is 0 Å². The normalized spacial score (nSPS) is 11.2. The van der Waals surface area contributed by atoms with E-state index in [1.54, 1.807) is 11.3 Å². The Balaban J connectivity index is 1.77. The molecule has 0 radical (unpaired) electrons. The molecule has 0 amide bonds. The van der Waals surface area contributed by atoms with Gasteiger partial charge in [-0.15, -0.1) is 11.3 Å². The Morgan fingerprint density at radius 3 is 2.84 bits per heavy atom. The first-order chi connectivity index (χ1) is 9.38. The SMILES string of the molecule is CCn1nc(CNCc2cccs2)c2ccccc21. The largest absolute Gasteiger partial charge is 0.306 e. The average Bonchev–Trinajstić information content (AvgIpc) is 3.07. The highest BCUT2D eigenvalue weighted by Gasteiger charge is 2.08. The van der Waals surface area contributed by atoms with E-state index < -0.39 is 0 Å². The summed E-state index contributed by atoms with van der Waals surface area (Å²) >= 11 is 1.78. The van der Waals surface area contributed by atoms with Gasteiger partial charge in [0.15, 0.2) is 0 Å². The topological polar surface area (TPSA) is 29.9 Å². The molecule has 3 nitrogen and oxygen atoms in total. The summed E-state index contributed by atoms with van der Waals surface area (Å²) < 4.78 is 2.07. The third-order valence-electron chi connectivity index (χ3n) is 3.21. The van der Waals surface area contributed by atoms with Crippen LogP contribution in [0.1, 0.15) is 17.5 Å². The molecule has 19 heavy (non-hydrogen) atoms. The first-order valence-corrected chi connectivity index (χ1v) is 7.44. The van der Waals surface area contributed by atoms with E-state index in [1.165, 1.54) is 15.8 Å². The van der Waals surface area contributed by atoms with E-state index in [2.05, 4.69) is 63.8 Å².